The molecule has 7 aromatic heterocycles. The van der Waals surface area contributed by atoms with Crippen molar-refractivity contribution in [1.82, 2.24) is 59.8 Å². The van der Waals surface area contributed by atoms with E-state index in [1.54, 1.807) is 61.8 Å². The van der Waals surface area contributed by atoms with Gasteiger partial charge in [-0.05, 0) is 108 Å². The molecule has 0 amide bonds. The van der Waals surface area contributed by atoms with Crippen LogP contribution in [-0.4, -0.2) is 59.8 Å². The van der Waals surface area contributed by atoms with Gasteiger partial charge in [0.1, 0.15) is 37.0 Å². The maximum Gasteiger partial charge on any atom is 0.128 e. The van der Waals surface area contributed by atoms with Crippen LogP contribution < -0.4 is 0 Å². The molecule has 0 aliphatic rings. The van der Waals surface area contributed by atoms with Gasteiger partial charge in [0.2, 0.25) is 0 Å². The maximum absolute atomic E-state index is 3.98. The minimum absolute atomic E-state index is 0.759. The fourth-order valence-electron chi connectivity index (χ4n) is 2.72. The Bertz CT molecular complexity index is 1320. The summed E-state index contributed by atoms with van der Waals surface area (Å²) in [5.74, 6) is 1.58. The Labute approximate surface area is 289 Å². The molecule has 0 radical (unpaired) electrons. The largest absolute Gasteiger partial charge is 0.265 e. The molecule has 12 nitrogen and oxygen atoms in total. The summed E-state index contributed by atoms with van der Waals surface area (Å²) in [5, 5.41) is 0. The molecule has 0 aromatic carbocycles. The maximum atomic E-state index is 3.98. The number of aromatic nitrogens is 12. The Balaban J connectivity index is 0.000000286. The first-order valence-electron chi connectivity index (χ1n) is 15.1. The lowest BCUT2D eigenvalue weighted by Crippen LogP contribution is -1.84. The van der Waals surface area contributed by atoms with E-state index in [4.69, 9.17) is 0 Å². The lowest BCUT2D eigenvalue weighted by atomic mass is 10.3. The predicted octanol–water partition coefficient (Wildman–Crippen LogP) is 6.71. The molecule has 0 atom stereocenters. The third kappa shape index (κ3) is 26.6. The van der Waals surface area contributed by atoms with Crippen molar-refractivity contribution < 1.29 is 0 Å². The summed E-state index contributed by atoms with van der Waals surface area (Å²) in [5.41, 5.74) is 5.65. The molecule has 7 heterocycles. The van der Waals surface area contributed by atoms with Gasteiger partial charge in [-0.15, -0.1) is 0 Å². The molecule has 0 bridgehead atoms. The molecular weight excluding hydrogens is 612 g/mol. The number of nitrogens with zero attached hydrogens (tertiary/aromatic N) is 12. The van der Waals surface area contributed by atoms with Gasteiger partial charge in [-0.3, -0.25) is 15.0 Å². The highest BCUT2D eigenvalue weighted by Gasteiger charge is 1.78. The number of aryl methyl sites for hydroxylation is 7. The summed E-state index contributed by atoms with van der Waals surface area (Å²) in [6, 6.07) is 17.4. The van der Waals surface area contributed by atoms with Crippen LogP contribution in [0.2, 0.25) is 0 Å². The van der Waals surface area contributed by atoms with Crippen LogP contribution in [0.15, 0.2) is 142 Å². The van der Waals surface area contributed by atoms with E-state index in [9.17, 15) is 0 Å². The molecule has 252 valence electrons. The van der Waals surface area contributed by atoms with Crippen LogP contribution in [0.3, 0.4) is 0 Å². The predicted molar refractivity (Wildman–Crippen MR) is 192 cm³/mol. The van der Waals surface area contributed by atoms with Crippen molar-refractivity contribution in [3.8, 4) is 0 Å². The lowest BCUT2D eigenvalue weighted by molar-refractivity contribution is 0.974. The van der Waals surface area contributed by atoms with Crippen LogP contribution in [-0.2, 0) is 0 Å². The van der Waals surface area contributed by atoms with Crippen molar-refractivity contribution in [3.05, 3.63) is 182 Å². The fourth-order valence-corrected chi connectivity index (χ4v) is 2.72. The van der Waals surface area contributed by atoms with Gasteiger partial charge in [-0.2, -0.15) is 0 Å². The second-order valence-electron chi connectivity index (χ2n) is 9.77. The lowest BCUT2D eigenvalue weighted by Gasteiger charge is -1.82. The highest BCUT2D eigenvalue weighted by atomic mass is 15.0. The van der Waals surface area contributed by atoms with Crippen molar-refractivity contribution in [1.29, 1.82) is 0 Å². The molecule has 0 aliphatic heterocycles. The zero-order valence-corrected chi connectivity index (χ0v) is 29.1. The van der Waals surface area contributed by atoms with Gasteiger partial charge < -0.3 is 0 Å². The first kappa shape index (κ1) is 40.7. The molecule has 0 spiro atoms. The van der Waals surface area contributed by atoms with Gasteiger partial charge in [-0.25, -0.2) is 44.9 Å². The molecule has 49 heavy (non-hydrogen) atoms. The van der Waals surface area contributed by atoms with Gasteiger partial charge in [0.25, 0.3) is 0 Å². The molecule has 0 N–H and O–H groups in total. The van der Waals surface area contributed by atoms with Crippen LogP contribution in [0.4, 0.5) is 0 Å². The summed E-state index contributed by atoms with van der Waals surface area (Å²) < 4.78 is 0. The Morgan fingerprint density at radius 2 is 0.878 bits per heavy atom. The van der Waals surface area contributed by atoms with Crippen molar-refractivity contribution >= 4 is 0 Å². The second kappa shape index (κ2) is 28.0. The van der Waals surface area contributed by atoms with E-state index in [0.717, 1.165) is 28.6 Å². The van der Waals surface area contributed by atoms with Gasteiger partial charge in [0, 0.05) is 73.4 Å². The summed E-state index contributed by atoms with van der Waals surface area (Å²) in [4.78, 5) is 45.7. The van der Waals surface area contributed by atoms with E-state index >= 15 is 0 Å². The van der Waals surface area contributed by atoms with E-state index in [-0.39, 0.29) is 0 Å². The average Bonchev–Trinajstić information content (AvgIpc) is 3.12. The highest BCUT2D eigenvalue weighted by Crippen LogP contribution is 1.90. The summed E-state index contributed by atoms with van der Waals surface area (Å²) in [6.07, 6.45) is 23.7. The molecule has 0 aliphatic carbocycles. The van der Waals surface area contributed by atoms with Crippen molar-refractivity contribution in [2.24, 2.45) is 0 Å². The highest BCUT2D eigenvalue weighted by molar-refractivity contribution is 5.06. The number of pyridine rings is 3. The van der Waals surface area contributed by atoms with Crippen LogP contribution >= 0.6 is 0 Å². The quantitative estimate of drug-likeness (QED) is 0.170. The molecule has 7 aromatic rings. The minimum Gasteiger partial charge on any atom is -0.265 e. The molecule has 0 saturated carbocycles. The third-order valence-electron chi connectivity index (χ3n) is 5.21. The Hall–Kier alpha value is -6.30. The van der Waals surface area contributed by atoms with Gasteiger partial charge in [-0.1, -0.05) is 12.1 Å². The zero-order chi connectivity index (χ0) is 35.8. The van der Waals surface area contributed by atoms with Crippen LogP contribution in [0, 0.1) is 48.5 Å². The minimum atomic E-state index is 0.759. The Morgan fingerprint density at radius 3 is 1.16 bits per heavy atom. The Kier molecular flexibility index (Phi) is 23.2. The van der Waals surface area contributed by atoms with Crippen LogP contribution in [0.1, 0.15) is 39.7 Å². The molecule has 7 rings (SSSR count). The standard InChI is InChI=1S/3C6H7N.3C5H6N2.C4H5N3/c1-6-2-4-7-5-3-6;1-6-3-2-4-7-5-6;1-6-4-2-3-5-7-6;1-5-2-6-4-7-3-5;1-5-2-3-6-4-7-5;1-5-6-3-2-4-7-5;1-4-6-2-5-3-7-4/h3*2-5H,1H3;3*2-4H,1H3;2-3H,1H3. The summed E-state index contributed by atoms with van der Waals surface area (Å²) in [6.45, 7) is 13.6. The normalized spacial score (nSPS) is 8.71. The van der Waals surface area contributed by atoms with Crippen molar-refractivity contribution in [2.75, 3.05) is 0 Å². The molecule has 12 heteroatoms. The summed E-state index contributed by atoms with van der Waals surface area (Å²) >= 11 is 0. The number of hydrogen-bond acceptors (Lipinski definition) is 12. The SMILES string of the molecule is Cc1ccccn1.Cc1cccnc1.Cc1ccncc1.Cc1ccncn1.Cc1cncnc1.Cc1ncccn1.Cc1ncncn1. The van der Waals surface area contributed by atoms with Gasteiger partial charge in [0.15, 0.2) is 0 Å². The topological polar surface area (TPSA) is 155 Å². The van der Waals surface area contributed by atoms with Crippen molar-refractivity contribution in [3.63, 3.8) is 0 Å². The van der Waals surface area contributed by atoms with E-state index in [1.807, 2.05) is 103 Å². The Morgan fingerprint density at radius 1 is 0.306 bits per heavy atom. The summed E-state index contributed by atoms with van der Waals surface area (Å²) in [7, 11) is 0. The zero-order valence-electron chi connectivity index (χ0n) is 29.1. The van der Waals surface area contributed by atoms with Crippen LogP contribution in [0.25, 0.3) is 0 Å². The fraction of sp³-hybridized carbons (Fsp3) is 0.189. The average molecular weight is 657 g/mol. The van der Waals surface area contributed by atoms with Gasteiger partial charge >= 0.3 is 0 Å². The second-order valence-corrected chi connectivity index (χ2v) is 9.77. The van der Waals surface area contributed by atoms with E-state index < -0.39 is 0 Å². The van der Waals surface area contributed by atoms with Crippen molar-refractivity contribution in [2.45, 2.75) is 48.5 Å². The molecule has 0 saturated heterocycles. The van der Waals surface area contributed by atoms with E-state index in [2.05, 4.69) is 59.8 Å². The number of rotatable bonds is 0. The van der Waals surface area contributed by atoms with E-state index in [1.165, 1.54) is 36.4 Å². The number of hydrogen-bond donors (Lipinski definition) is 0. The first-order chi connectivity index (χ1) is 23.8. The molecule has 0 fully saturated rings. The first-order valence-corrected chi connectivity index (χ1v) is 15.1. The van der Waals surface area contributed by atoms with Gasteiger partial charge in [0.05, 0.1) is 0 Å². The molecule has 0 unspecified atom stereocenters. The third-order valence-corrected chi connectivity index (χ3v) is 5.21. The smallest absolute Gasteiger partial charge is 0.128 e. The van der Waals surface area contributed by atoms with Crippen LogP contribution in [0.5, 0.6) is 0 Å². The van der Waals surface area contributed by atoms with E-state index in [0.29, 0.717) is 0 Å². The monoisotopic (exact) mass is 656 g/mol. The molecular formula is C37H44N12.